The van der Waals surface area contributed by atoms with Crippen LogP contribution >= 0.6 is 22.9 Å². The van der Waals surface area contributed by atoms with Crippen molar-refractivity contribution in [2.24, 2.45) is 5.92 Å². The largest absolute Gasteiger partial charge is 0.467 e. The van der Waals surface area contributed by atoms with Crippen LogP contribution in [-0.4, -0.2) is 17.8 Å². The van der Waals surface area contributed by atoms with E-state index >= 15 is 0 Å². The molecule has 2 heterocycles. The Labute approximate surface area is 121 Å². The average molecular weight is 298 g/mol. The van der Waals surface area contributed by atoms with Crippen LogP contribution in [0.25, 0.3) is 0 Å². The van der Waals surface area contributed by atoms with E-state index < -0.39 is 0 Å². The Morgan fingerprint density at radius 3 is 2.84 bits per heavy atom. The lowest BCUT2D eigenvalue weighted by Gasteiger charge is -2.32. The summed E-state index contributed by atoms with van der Waals surface area (Å²) in [7, 11) is 0. The van der Waals surface area contributed by atoms with E-state index in [-0.39, 0.29) is 12.1 Å². The molecule has 5 heteroatoms. The lowest BCUT2D eigenvalue weighted by molar-refractivity contribution is 0.0421. The molecule has 2 N–H and O–H groups in total. The summed E-state index contributed by atoms with van der Waals surface area (Å²) >= 11 is 7.58. The van der Waals surface area contributed by atoms with Crippen molar-refractivity contribution < 1.29 is 9.52 Å². The third-order valence-corrected chi connectivity index (χ3v) is 4.82. The van der Waals surface area contributed by atoms with Gasteiger partial charge in [0.05, 0.1) is 16.7 Å². The SMILES string of the molecule is OC1CC(CNC(c2ccco2)c2ccc(Cl)s2)C1. The molecule has 3 nitrogen and oxygen atoms in total. The van der Waals surface area contributed by atoms with Crippen molar-refractivity contribution in [3.05, 3.63) is 45.5 Å². The van der Waals surface area contributed by atoms with Gasteiger partial charge in [-0.1, -0.05) is 11.6 Å². The van der Waals surface area contributed by atoms with Gasteiger partial charge in [0, 0.05) is 4.88 Å². The molecule has 1 unspecified atom stereocenters. The molecule has 3 rings (SSSR count). The van der Waals surface area contributed by atoms with Crippen LogP contribution in [0.2, 0.25) is 4.34 Å². The molecule has 0 aromatic carbocycles. The van der Waals surface area contributed by atoms with E-state index in [2.05, 4.69) is 5.32 Å². The highest BCUT2D eigenvalue weighted by molar-refractivity contribution is 7.16. The molecule has 0 radical (unpaired) electrons. The number of furan rings is 1. The van der Waals surface area contributed by atoms with E-state index in [4.69, 9.17) is 16.0 Å². The minimum atomic E-state index is -0.106. The minimum Gasteiger partial charge on any atom is -0.467 e. The first-order valence-corrected chi connectivity index (χ1v) is 7.62. The molecule has 2 aromatic heterocycles. The fourth-order valence-corrected chi connectivity index (χ4v) is 3.58. The molecular weight excluding hydrogens is 282 g/mol. The third-order valence-electron chi connectivity index (χ3n) is 3.53. The second-order valence-corrected chi connectivity index (χ2v) is 6.74. The van der Waals surface area contributed by atoms with Gasteiger partial charge in [-0.2, -0.15) is 0 Å². The monoisotopic (exact) mass is 297 g/mol. The zero-order valence-corrected chi connectivity index (χ0v) is 12.0. The van der Waals surface area contributed by atoms with E-state index in [1.807, 2.05) is 24.3 Å². The average Bonchev–Trinajstić information content (AvgIpc) is 2.99. The summed E-state index contributed by atoms with van der Waals surface area (Å²) in [5.74, 6) is 1.46. The second kappa shape index (κ2) is 5.67. The van der Waals surface area contributed by atoms with Crippen LogP contribution in [0.3, 0.4) is 0 Å². The molecule has 1 saturated carbocycles. The van der Waals surface area contributed by atoms with Crippen LogP contribution in [0.15, 0.2) is 34.9 Å². The van der Waals surface area contributed by atoms with Gasteiger partial charge in [0.2, 0.25) is 0 Å². The molecule has 2 aromatic rings. The lowest BCUT2D eigenvalue weighted by Crippen LogP contribution is -2.37. The first-order valence-electron chi connectivity index (χ1n) is 6.42. The van der Waals surface area contributed by atoms with E-state index in [9.17, 15) is 5.11 Å². The van der Waals surface area contributed by atoms with Crippen LogP contribution in [0.1, 0.15) is 29.5 Å². The Bertz CT molecular complexity index is 519. The third kappa shape index (κ3) is 3.03. The van der Waals surface area contributed by atoms with Crippen molar-refractivity contribution in [3.8, 4) is 0 Å². The molecule has 0 aliphatic heterocycles. The predicted molar refractivity (Wildman–Crippen MR) is 76.6 cm³/mol. The molecule has 102 valence electrons. The molecule has 0 amide bonds. The molecule has 1 fully saturated rings. The Morgan fingerprint density at radius 1 is 1.42 bits per heavy atom. The standard InChI is InChI=1S/C14H16ClNO2S/c15-13-4-3-12(19-13)14(11-2-1-5-18-11)16-8-9-6-10(17)7-9/h1-5,9-10,14,16-17H,6-8H2. The topological polar surface area (TPSA) is 45.4 Å². The fraction of sp³-hybridized carbons (Fsp3) is 0.429. The summed E-state index contributed by atoms with van der Waals surface area (Å²) in [4.78, 5) is 1.15. The summed E-state index contributed by atoms with van der Waals surface area (Å²) in [6.07, 6.45) is 3.36. The maximum Gasteiger partial charge on any atom is 0.126 e. The summed E-state index contributed by atoms with van der Waals surface area (Å²) < 4.78 is 6.30. The number of thiophene rings is 1. The maximum absolute atomic E-state index is 9.33. The van der Waals surface area contributed by atoms with Crippen molar-refractivity contribution in [2.75, 3.05) is 6.54 Å². The number of rotatable bonds is 5. The van der Waals surface area contributed by atoms with E-state index in [0.29, 0.717) is 5.92 Å². The molecule has 0 spiro atoms. The highest BCUT2D eigenvalue weighted by Gasteiger charge is 2.28. The van der Waals surface area contributed by atoms with Gasteiger partial charge in [-0.25, -0.2) is 0 Å². The summed E-state index contributed by atoms with van der Waals surface area (Å²) in [6, 6.07) is 7.85. The van der Waals surface area contributed by atoms with E-state index in [1.165, 1.54) is 0 Å². The smallest absolute Gasteiger partial charge is 0.126 e. The van der Waals surface area contributed by atoms with Crippen molar-refractivity contribution >= 4 is 22.9 Å². The van der Waals surface area contributed by atoms with Crippen LogP contribution in [0.5, 0.6) is 0 Å². The number of aliphatic hydroxyl groups is 1. The minimum absolute atomic E-state index is 0.0465. The van der Waals surface area contributed by atoms with Gasteiger partial charge in [-0.05, 0) is 49.6 Å². The predicted octanol–water partition coefficient (Wildman–Crippen LogP) is 3.44. The van der Waals surface area contributed by atoms with Gasteiger partial charge in [-0.15, -0.1) is 11.3 Å². The Morgan fingerprint density at radius 2 is 2.26 bits per heavy atom. The number of aliphatic hydroxyl groups excluding tert-OH is 1. The Kier molecular flexibility index (Phi) is 3.93. The molecule has 0 bridgehead atoms. The van der Waals surface area contributed by atoms with Crippen molar-refractivity contribution in [3.63, 3.8) is 0 Å². The number of nitrogens with one attached hydrogen (secondary N) is 1. The summed E-state index contributed by atoms with van der Waals surface area (Å²) in [6.45, 7) is 0.887. The molecule has 1 aliphatic carbocycles. The van der Waals surface area contributed by atoms with Gasteiger partial charge in [0.25, 0.3) is 0 Å². The summed E-state index contributed by atoms with van der Waals surface area (Å²) in [5.41, 5.74) is 0. The second-order valence-electron chi connectivity index (χ2n) is 4.99. The highest BCUT2D eigenvalue weighted by Crippen LogP contribution is 2.33. The molecule has 19 heavy (non-hydrogen) atoms. The maximum atomic E-state index is 9.33. The van der Waals surface area contributed by atoms with Crippen LogP contribution in [-0.2, 0) is 0 Å². The van der Waals surface area contributed by atoms with Gasteiger partial charge in [0.1, 0.15) is 11.8 Å². The lowest BCUT2D eigenvalue weighted by atomic mass is 9.82. The van der Waals surface area contributed by atoms with Crippen LogP contribution < -0.4 is 5.32 Å². The normalized spacial score (nSPS) is 24.1. The van der Waals surface area contributed by atoms with Gasteiger partial charge in [0.15, 0.2) is 0 Å². The van der Waals surface area contributed by atoms with Crippen LogP contribution in [0.4, 0.5) is 0 Å². The molecule has 1 aliphatic rings. The zero-order valence-electron chi connectivity index (χ0n) is 10.4. The van der Waals surface area contributed by atoms with E-state index in [1.54, 1.807) is 17.6 Å². The number of hydrogen-bond acceptors (Lipinski definition) is 4. The zero-order chi connectivity index (χ0) is 13.2. The molecule has 0 saturated heterocycles. The van der Waals surface area contributed by atoms with Crippen LogP contribution in [0, 0.1) is 5.92 Å². The number of hydrogen-bond donors (Lipinski definition) is 2. The summed E-state index contributed by atoms with van der Waals surface area (Å²) in [5, 5.41) is 12.8. The van der Waals surface area contributed by atoms with Crippen molar-refractivity contribution in [2.45, 2.75) is 25.0 Å². The first-order chi connectivity index (χ1) is 9.22. The molecular formula is C14H16ClNO2S. The number of halogens is 1. The van der Waals surface area contributed by atoms with Crippen molar-refractivity contribution in [1.29, 1.82) is 0 Å². The fourth-order valence-electron chi connectivity index (χ4n) is 2.43. The highest BCUT2D eigenvalue weighted by atomic mass is 35.5. The van der Waals surface area contributed by atoms with Crippen molar-refractivity contribution in [1.82, 2.24) is 5.32 Å². The van der Waals surface area contributed by atoms with Gasteiger partial charge < -0.3 is 14.8 Å². The quantitative estimate of drug-likeness (QED) is 0.888. The Hall–Kier alpha value is -0.810. The van der Waals surface area contributed by atoms with Gasteiger partial charge >= 0.3 is 0 Å². The first kappa shape index (κ1) is 13.2. The van der Waals surface area contributed by atoms with Gasteiger partial charge in [-0.3, -0.25) is 0 Å². The Balaban J connectivity index is 1.70. The molecule has 1 atom stereocenters. The van der Waals surface area contributed by atoms with E-state index in [0.717, 1.165) is 34.4 Å².